The number of hydrogen-bond acceptors (Lipinski definition) is 3. The van der Waals surface area contributed by atoms with E-state index >= 15 is 0 Å². The average Bonchev–Trinajstić information content (AvgIpc) is 2.74. The van der Waals surface area contributed by atoms with Gasteiger partial charge in [-0.05, 0) is 56.8 Å². The molecule has 1 atom stereocenters. The molecule has 0 radical (unpaired) electrons. The molecule has 2 fully saturated rings. The molecule has 3 nitrogen and oxygen atoms in total. The highest BCUT2D eigenvalue weighted by Gasteiger charge is 2.40. The third kappa shape index (κ3) is 2.50. The van der Waals surface area contributed by atoms with E-state index in [-0.39, 0.29) is 5.60 Å². The zero-order valence-electron chi connectivity index (χ0n) is 10.2. The molecule has 1 N–H and O–H groups in total. The number of rotatable bonds is 2. The molecule has 1 spiro atoms. The Labute approximate surface area is 103 Å². The van der Waals surface area contributed by atoms with Gasteiger partial charge >= 0.3 is 0 Å². The number of nitrogens with one attached hydrogen (secondary N) is 1. The highest BCUT2D eigenvalue weighted by atomic mass is 16.5. The van der Waals surface area contributed by atoms with E-state index in [1.807, 2.05) is 12.3 Å². The van der Waals surface area contributed by atoms with Gasteiger partial charge in [-0.15, -0.1) is 0 Å². The summed E-state index contributed by atoms with van der Waals surface area (Å²) in [6, 6.07) is 6.16. The quantitative estimate of drug-likeness (QED) is 0.844. The van der Waals surface area contributed by atoms with Crippen LogP contribution in [0.3, 0.4) is 0 Å². The van der Waals surface area contributed by atoms with Crippen LogP contribution < -0.4 is 5.32 Å². The summed E-state index contributed by atoms with van der Waals surface area (Å²) in [5.74, 6) is 0.656. The predicted octanol–water partition coefficient (Wildman–Crippen LogP) is 1.78. The number of aromatic nitrogens is 1. The number of pyridine rings is 1. The molecule has 0 unspecified atom stereocenters. The molecule has 3 heterocycles. The number of ether oxygens (including phenoxy) is 1. The summed E-state index contributed by atoms with van der Waals surface area (Å²) in [5, 5.41) is 3.41. The summed E-state index contributed by atoms with van der Waals surface area (Å²) in [6.45, 7) is 3.13. The van der Waals surface area contributed by atoms with Gasteiger partial charge in [0.25, 0.3) is 0 Å². The van der Waals surface area contributed by atoms with Gasteiger partial charge in [0.15, 0.2) is 0 Å². The Balaban J connectivity index is 1.60. The Morgan fingerprint density at radius 1 is 1.35 bits per heavy atom. The van der Waals surface area contributed by atoms with Crippen molar-refractivity contribution in [2.75, 3.05) is 19.7 Å². The summed E-state index contributed by atoms with van der Waals surface area (Å²) in [6.07, 6.45) is 6.50. The van der Waals surface area contributed by atoms with Crippen LogP contribution in [0.4, 0.5) is 0 Å². The van der Waals surface area contributed by atoms with Crippen molar-refractivity contribution in [1.29, 1.82) is 0 Å². The second kappa shape index (κ2) is 4.75. The van der Waals surface area contributed by atoms with Crippen LogP contribution in [0, 0.1) is 5.92 Å². The minimum Gasteiger partial charge on any atom is -0.375 e. The Bertz CT molecular complexity index is 360. The zero-order chi connectivity index (χ0) is 11.6. The smallest absolute Gasteiger partial charge is 0.0710 e. The van der Waals surface area contributed by atoms with Crippen molar-refractivity contribution in [3.63, 3.8) is 0 Å². The molecular formula is C14H20N2O. The maximum atomic E-state index is 6.10. The van der Waals surface area contributed by atoms with E-state index in [9.17, 15) is 0 Å². The monoisotopic (exact) mass is 232 g/mol. The first-order valence-electron chi connectivity index (χ1n) is 6.61. The second-order valence-electron chi connectivity index (χ2n) is 5.34. The third-order valence-electron chi connectivity index (χ3n) is 4.02. The first kappa shape index (κ1) is 11.2. The molecular weight excluding hydrogens is 212 g/mol. The van der Waals surface area contributed by atoms with Gasteiger partial charge in [0.2, 0.25) is 0 Å². The number of piperidine rings is 1. The van der Waals surface area contributed by atoms with E-state index in [0.29, 0.717) is 5.92 Å². The zero-order valence-corrected chi connectivity index (χ0v) is 10.2. The molecule has 2 aliphatic heterocycles. The fourth-order valence-corrected chi connectivity index (χ4v) is 3.12. The van der Waals surface area contributed by atoms with E-state index < -0.39 is 0 Å². The highest BCUT2D eigenvalue weighted by Crippen LogP contribution is 2.37. The van der Waals surface area contributed by atoms with Crippen LogP contribution in [0.5, 0.6) is 0 Å². The van der Waals surface area contributed by atoms with E-state index in [0.717, 1.165) is 26.1 Å². The molecule has 0 saturated carbocycles. The third-order valence-corrected chi connectivity index (χ3v) is 4.02. The Morgan fingerprint density at radius 3 is 3.00 bits per heavy atom. The molecule has 17 heavy (non-hydrogen) atoms. The molecule has 2 saturated heterocycles. The van der Waals surface area contributed by atoms with Gasteiger partial charge in [0.1, 0.15) is 0 Å². The van der Waals surface area contributed by atoms with Gasteiger partial charge in [0, 0.05) is 11.9 Å². The van der Waals surface area contributed by atoms with E-state index in [2.05, 4.69) is 22.4 Å². The Hall–Kier alpha value is -0.930. The summed E-state index contributed by atoms with van der Waals surface area (Å²) in [5.41, 5.74) is 1.39. The standard InChI is InChI=1S/C14H20N2O/c1-2-6-16-13(3-1)9-12-10-14(17-11-12)4-7-15-8-5-14/h1-3,6,12,15H,4-5,7-11H2/t12-/m0/s1. The summed E-state index contributed by atoms with van der Waals surface area (Å²) < 4.78 is 6.10. The average molecular weight is 232 g/mol. The van der Waals surface area contributed by atoms with Crippen molar-refractivity contribution in [2.45, 2.75) is 31.3 Å². The van der Waals surface area contributed by atoms with Crippen molar-refractivity contribution in [3.8, 4) is 0 Å². The summed E-state index contributed by atoms with van der Waals surface area (Å²) in [4.78, 5) is 4.41. The molecule has 0 aromatic carbocycles. The van der Waals surface area contributed by atoms with Gasteiger partial charge in [-0.1, -0.05) is 6.07 Å². The number of hydrogen-bond donors (Lipinski definition) is 1. The van der Waals surface area contributed by atoms with Crippen molar-refractivity contribution in [3.05, 3.63) is 30.1 Å². The summed E-state index contributed by atoms with van der Waals surface area (Å²) in [7, 11) is 0. The normalized spacial score (nSPS) is 27.4. The lowest BCUT2D eigenvalue weighted by Crippen LogP contribution is -2.41. The molecule has 92 valence electrons. The van der Waals surface area contributed by atoms with E-state index in [1.165, 1.54) is 25.0 Å². The van der Waals surface area contributed by atoms with Crippen LogP contribution in [0.25, 0.3) is 0 Å². The molecule has 0 aliphatic carbocycles. The van der Waals surface area contributed by atoms with Crippen LogP contribution in [0.1, 0.15) is 25.0 Å². The topological polar surface area (TPSA) is 34.1 Å². The second-order valence-corrected chi connectivity index (χ2v) is 5.34. The molecule has 3 rings (SSSR count). The molecule has 2 aliphatic rings. The molecule has 1 aromatic rings. The largest absolute Gasteiger partial charge is 0.375 e. The minimum absolute atomic E-state index is 0.185. The van der Waals surface area contributed by atoms with Gasteiger partial charge < -0.3 is 10.1 Å². The van der Waals surface area contributed by atoms with Crippen LogP contribution in [0.15, 0.2) is 24.4 Å². The Morgan fingerprint density at radius 2 is 2.24 bits per heavy atom. The van der Waals surface area contributed by atoms with Gasteiger partial charge in [-0.25, -0.2) is 0 Å². The summed E-state index contributed by atoms with van der Waals surface area (Å²) >= 11 is 0. The van der Waals surface area contributed by atoms with Crippen LogP contribution in [0.2, 0.25) is 0 Å². The fraction of sp³-hybridized carbons (Fsp3) is 0.643. The van der Waals surface area contributed by atoms with Gasteiger partial charge in [-0.3, -0.25) is 4.98 Å². The Kier molecular flexibility index (Phi) is 3.12. The molecule has 0 bridgehead atoms. The molecule has 0 amide bonds. The lowest BCUT2D eigenvalue weighted by atomic mass is 9.85. The first-order chi connectivity index (χ1) is 8.36. The maximum absolute atomic E-state index is 6.10. The molecule has 1 aromatic heterocycles. The van der Waals surface area contributed by atoms with Crippen molar-refractivity contribution in [1.82, 2.24) is 10.3 Å². The van der Waals surface area contributed by atoms with Crippen LogP contribution in [-0.4, -0.2) is 30.3 Å². The van der Waals surface area contributed by atoms with Crippen molar-refractivity contribution < 1.29 is 4.74 Å². The fourth-order valence-electron chi connectivity index (χ4n) is 3.12. The van der Waals surface area contributed by atoms with Crippen molar-refractivity contribution >= 4 is 0 Å². The van der Waals surface area contributed by atoms with Crippen LogP contribution >= 0.6 is 0 Å². The lowest BCUT2D eigenvalue weighted by Gasteiger charge is -2.33. The SMILES string of the molecule is c1ccc(C[C@@H]2COC3(CCNCC3)C2)nc1. The van der Waals surface area contributed by atoms with Crippen LogP contribution in [-0.2, 0) is 11.2 Å². The minimum atomic E-state index is 0.185. The maximum Gasteiger partial charge on any atom is 0.0710 e. The number of nitrogens with zero attached hydrogens (tertiary/aromatic N) is 1. The van der Waals surface area contributed by atoms with Gasteiger partial charge in [0.05, 0.1) is 12.2 Å². The van der Waals surface area contributed by atoms with Gasteiger partial charge in [-0.2, -0.15) is 0 Å². The first-order valence-corrected chi connectivity index (χ1v) is 6.61. The molecule has 3 heteroatoms. The van der Waals surface area contributed by atoms with Crippen molar-refractivity contribution in [2.24, 2.45) is 5.92 Å². The van der Waals surface area contributed by atoms with E-state index in [4.69, 9.17) is 4.74 Å². The lowest BCUT2D eigenvalue weighted by molar-refractivity contribution is -0.0196. The van der Waals surface area contributed by atoms with E-state index in [1.54, 1.807) is 0 Å². The highest BCUT2D eigenvalue weighted by molar-refractivity contribution is 5.06. The predicted molar refractivity (Wildman–Crippen MR) is 66.8 cm³/mol.